The second-order valence-corrected chi connectivity index (χ2v) is 7.62. The summed E-state index contributed by atoms with van der Waals surface area (Å²) in [5.41, 5.74) is 13.8. The molecular weight excluding hydrogens is 459 g/mol. The third-order valence-corrected chi connectivity index (χ3v) is 5.56. The number of rotatable bonds is 5. The van der Waals surface area contributed by atoms with Crippen LogP contribution < -0.4 is 16.2 Å². The Morgan fingerprint density at radius 1 is 0.943 bits per heavy atom. The number of anilines is 2. The number of para-hydroxylation sites is 1. The van der Waals surface area contributed by atoms with Crippen molar-refractivity contribution in [1.82, 2.24) is 24.7 Å². The van der Waals surface area contributed by atoms with Crippen molar-refractivity contribution in [2.45, 2.75) is 6.42 Å². The molecule has 0 spiro atoms. The number of nitrogen functional groups attached to an aromatic ring is 2. The van der Waals surface area contributed by atoms with Crippen molar-refractivity contribution in [1.29, 1.82) is 0 Å². The minimum atomic E-state index is -1.26. The Morgan fingerprint density at radius 3 is 2.40 bits per heavy atom. The van der Waals surface area contributed by atoms with Crippen molar-refractivity contribution in [3.05, 3.63) is 83.6 Å². The van der Waals surface area contributed by atoms with Gasteiger partial charge in [-0.05, 0) is 24.3 Å². The van der Waals surface area contributed by atoms with Crippen LogP contribution in [0.25, 0.3) is 28.0 Å². The zero-order chi connectivity index (χ0) is 24.7. The van der Waals surface area contributed by atoms with E-state index in [1.54, 1.807) is 36.5 Å². The van der Waals surface area contributed by atoms with Crippen molar-refractivity contribution >= 4 is 22.5 Å². The monoisotopic (exact) mass is 477 g/mol. The molecule has 5 aromatic rings. The Morgan fingerprint density at radius 2 is 1.66 bits per heavy atom. The molecular formula is C24H18F3N7O. The first kappa shape index (κ1) is 22.1. The topological polar surface area (TPSA) is 118 Å². The smallest absolute Gasteiger partial charge is 0.255 e. The molecule has 0 saturated carbocycles. The highest BCUT2D eigenvalue weighted by atomic mass is 19.2. The van der Waals surface area contributed by atoms with Gasteiger partial charge in [-0.1, -0.05) is 18.2 Å². The minimum Gasteiger partial charge on any atom is -0.496 e. The molecule has 4 N–H and O–H groups in total. The molecule has 3 heterocycles. The lowest BCUT2D eigenvalue weighted by Crippen LogP contribution is -2.10. The van der Waals surface area contributed by atoms with Gasteiger partial charge in [-0.2, -0.15) is 19.7 Å². The number of nitrogens with zero attached hydrogens (tertiary/aromatic N) is 5. The number of pyridine rings is 1. The van der Waals surface area contributed by atoms with Gasteiger partial charge >= 0.3 is 0 Å². The summed E-state index contributed by atoms with van der Waals surface area (Å²) >= 11 is 0. The quantitative estimate of drug-likeness (QED) is 0.367. The third kappa shape index (κ3) is 3.76. The molecule has 0 atom stereocenters. The molecule has 0 aliphatic carbocycles. The van der Waals surface area contributed by atoms with Crippen molar-refractivity contribution in [2.24, 2.45) is 0 Å². The van der Waals surface area contributed by atoms with E-state index in [0.717, 1.165) is 12.1 Å². The van der Waals surface area contributed by atoms with Gasteiger partial charge in [0.25, 0.3) is 5.95 Å². The average Bonchev–Trinajstić information content (AvgIpc) is 3.22. The van der Waals surface area contributed by atoms with Crippen molar-refractivity contribution < 1.29 is 17.9 Å². The van der Waals surface area contributed by atoms with Crippen LogP contribution >= 0.6 is 0 Å². The van der Waals surface area contributed by atoms with E-state index < -0.39 is 23.0 Å². The summed E-state index contributed by atoms with van der Waals surface area (Å²) in [5.74, 6) is -2.63. The van der Waals surface area contributed by atoms with E-state index in [1.165, 1.54) is 18.0 Å². The van der Waals surface area contributed by atoms with Gasteiger partial charge in [-0.25, -0.2) is 13.2 Å². The van der Waals surface area contributed by atoms with Crippen LogP contribution in [0.3, 0.4) is 0 Å². The Hall–Kier alpha value is -4.67. The van der Waals surface area contributed by atoms with Crippen molar-refractivity contribution in [3.63, 3.8) is 0 Å². The summed E-state index contributed by atoms with van der Waals surface area (Å²) in [6, 6.07) is 10.2. The summed E-state index contributed by atoms with van der Waals surface area (Å²) in [5, 5.41) is 5.05. The molecule has 176 valence electrons. The number of nitrogens with two attached hydrogens (primary N) is 2. The Bertz CT molecular complexity index is 1560. The maximum atomic E-state index is 14.3. The Kier molecular flexibility index (Phi) is 5.44. The van der Waals surface area contributed by atoms with Crippen LogP contribution in [0.4, 0.5) is 24.8 Å². The van der Waals surface area contributed by atoms with E-state index in [4.69, 9.17) is 16.2 Å². The molecule has 0 unspecified atom stereocenters. The van der Waals surface area contributed by atoms with Gasteiger partial charge in [0, 0.05) is 35.3 Å². The second-order valence-electron chi connectivity index (χ2n) is 7.62. The normalized spacial score (nSPS) is 11.2. The summed E-state index contributed by atoms with van der Waals surface area (Å²) < 4.78 is 49.1. The van der Waals surface area contributed by atoms with E-state index in [0.29, 0.717) is 33.5 Å². The number of benzene rings is 2. The van der Waals surface area contributed by atoms with E-state index in [1.807, 2.05) is 0 Å². The lowest BCUT2D eigenvalue weighted by atomic mass is 10.1. The first-order chi connectivity index (χ1) is 16.9. The molecule has 0 aliphatic rings. The lowest BCUT2D eigenvalue weighted by molar-refractivity contribution is 0.416. The first-order valence-corrected chi connectivity index (χ1v) is 10.4. The molecule has 35 heavy (non-hydrogen) atoms. The highest BCUT2D eigenvalue weighted by Gasteiger charge is 2.22. The van der Waals surface area contributed by atoms with Gasteiger partial charge in [-0.15, -0.1) is 0 Å². The van der Waals surface area contributed by atoms with Crippen LogP contribution in [-0.2, 0) is 6.42 Å². The summed E-state index contributed by atoms with van der Waals surface area (Å²) in [7, 11) is 1.50. The number of aromatic nitrogens is 5. The number of methoxy groups -OCH3 is 1. The predicted molar refractivity (Wildman–Crippen MR) is 124 cm³/mol. The number of ether oxygens (including phenoxy) is 1. The standard InChI is InChI=1S/C24H18F3N7O/c1-35-19-8-9-30-11-14(19)20-22(28)31-24(32-23(20)29)34-18-5-3-2-4-12(18)17(33-34)10-13-15(25)6-7-16(26)21(13)27/h2-9,11H,10H2,1H3,(H4,28,29,31,32). The van der Waals surface area contributed by atoms with Gasteiger partial charge in [0.1, 0.15) is 23.2 Å². The molecule has 5 rings (SSSR count). The lowest BCUT2D eigenvalue weighted by Gasteiger charge is -2.13. The number of hydrogen-bond donors (Lipinski definition) is 2. The molecule has 3 aromatic heterocycles. The fourth-order valence-corrected chi connectivity index (χ4v) is 3.91. The predicted octanol–water partition coefficient (Wildman–Crippen LogP) is 4.06. The maximum absolute atomic E-state index is 14.3. The van der Waals surface area contributed by atoms with Gasteiger partial charge in [-0.3, -0.25) is 4.98 Å². The van der Waals surface area contributed by atoms with Crippen molar-refractivity contribution in [3.8, 4) is 22.8 Å². The van der Waals surface area contributed by atoms with Crippen molar-refractivity contribution in [2.75, 3.05) is 18.6 Å². The summed E-state index contributed by atoms with van der Waals surface area (Å²) in [6.45, 7) is 0. The third-order valence-electron chi connectivity index (χ3n) is 5.56. The molecule has 11 heteroatoms. The molecule has 0 amide bonds. The average molecular weight is 477 g/mol. The fourth-order valence-electron chi connectivity index (χ4n) is 3.91. The second kappa shape index (κ2) is 8.60. The summed E-state index contributed by atoms with van der Waals surface area (Å²) in [4.78, 5) is 12.8. The number of hydrogen-bond acceptors (Lipinski definition) is 7. The van der Waals surface area contributed by atoms with Crippen LogP contribution in [0.5, 0.6) is 5.75 Å². The van der Waals surface area contributed by atoms with E-state index in [2.05, 4.69) is 20.1 Å². The molecule has 0 saturated heterocycles. The first-order valence-electron chi connectivity index (χ1n) is 10.4. The molecule has 0 radical (unpaired) electrons. The SMILES string of the molecule is COc1ccncc1-c1c(N)nc(-n2nc(Cc3c(F)ccc(F)c3F)c3ccccc32)nc1N. The van der Waals surface area contributed by atoms with Gasteiger partial charge in [0.2, 0.25) is 0 Å². The van der Waals surface area contributed by atoms with Crippen LogP contribution in [0.1, 0.15) is 11.3 Å². The van der Waals surface area contributed by atoms with Crippen LogP contribution in [0, 0.1) is 17.5 Å². The molecule has 2 aromatic carbocycles. The summed E-state index contributed by atoms with van der Waals surface area (Å²) in [6.07, 6.45) is 2.80. The van der Waals surface area contributed by atoms with Gasteiger partial charge in [0.05, 0.1) is 23.9 Å². The zero-order valence-corrected chi connectivity index (χ0v) is 18.3. The van der Waals surface area contributed by atoms with Crippen LogP contribution in [0.15, 0.2) is 54.9 Å². The Balaban J connectivity index is 1.65. The number of halogens is 3. The van der Waals surface area contributed by atoms with E-state index in [9.17, 15) is 13.2 Å². The van der Waals surface area contributed by atoms with Gasteiger partial charge in [0.15, 0.2) is 11.6 Å². The largest absolute Gasteiger partial charge is 0.496 e. The van der Waals surface area contributed by atoms with Crippen LogP contribution in [-0.4, -0.2) is 31.8 Å². The molecule has 0 bridgehead atoms. The van der Waals surface area contributed by atoms with Gasteiger partial charge < -0.3 is 16.2 Å². The van der Waals surface area contributed by atoms with E-state index in [-0.39, 0.29) is 24.0 Å². The fraction of sp³-hybridized carbons (Fsp3) is 0.0833. The molecule has 0 aliphatic heterocycles. The Labute approximate surface area is 197 Å². The number of fused-ring (bicyclic) bond motifs is 1. The zero-order valence-electron chi connectivity index (χ0n) is 18.3. The highest BCUT2D eigenvalue weighted by Crippen LogP contribution is 2.36. The highest BCUT2D eigenvalue weighted by molar-refractivity contribution is 5.87. The minimum absolute atomic E-state index is 0.0502. The molecule has 0 fully saturated rings. The van der Waals surface area contributed by atoms with E-state index >= 15 is 0 Å². The van der Waals surface area contributed by atoms with Crippen LogP contribution in [0.2, 0.25) is 0 Å². The molecule has 8 nitrogen and oxygen atoms in total. The maximum Gasteiger partial charge on any atom is 0.255 e.